The Hall–Kier alpha value is -2.49. The second-order valence-corrected chi connectivity index (χ2v) is 4.51. The average molecular weight is 286 g/mol. The minimum Gasteiger partial charge on any atom is -0.497 e. The van der Waals surface area contributed by atoms with Gasteiger partial charge in [0.05, 0.1) is 21.3 Å². The van der Waals surface area contributed by atoms with Crippen molar-refractivity contribution in [3.8, 4) is 11.5 Å². The molecule has 2 aromatic rings. The van der Waals surface area contributed by atoms with Gasteiger partial charge in [0.15, 0.2) is 0 Å². The van der Waals surface area contributed by atoms with Gasteiger partial charge >= 0.3 is 5.97 Å². The Bertz CT molecular complexity index is 617. The van der Waals surface area contributed by atoms with Crippen LogP contribution in [0, 0.1) is 0 Å². The smallest absolute Gasteiger partial charge is 0.341 e. The fourth-order valence-corrected chi connectivity index (χ4v) is 2.19. The summed E-state index contributed by atoms with van der Waals surface area (Å²) in [5.74, 6) is 0.932. The van der Waals surface area contributed by atoms with Crippen LogP contribution in [0.4, 0.5) is 0 Å². The van der Waals surface area contributed by atoms with Gasteiger partial charge in [-0.15, -0.1) is 0 Å². The molecule has 2 rings (SSSR count). The zero-order chi connectivity index (χ0) is 15.2. The van der Waals surface area contributed by atoms with E-state index >= 15 is 0 Å². The van der Waals surface area contributed by atoms with Gasteiger partial charge in [-0.3, -0.25) is 0 Å². The molecule has 0 radical (unpaired) electrons. The lowest BCUT2D eigenvalue weighted by Gasteiger charge is -2.12. The van der Waals surface area contributed by atoms with E-state index in [-0.39, 0.29) is 0 Å². The lowest BCUT2D eigenvalue weighted by molar-refractivity contribution is 0.0596. The van der Waals surface area contributed by atoms with E-state index in [2.05, 4.69) is 0 Å². The third-order valence-electron chi connectivity index (χ3n) is 3.28. The van der Waals surface area contributed by atoms with Crippen molar-refractivity contribution in [2.75, 3.05) is 21.3 Å². The van der Waals surface area contributed by atoms with E-state index in [4.69, 9.17) is 14.2 Å². The lowest BCUT2D eigenvalue weighted by Crippen LogP contribution is -2.08. The van der Waals surface area contributed by atoms with Crippen LogP contribution < -0.4 is 9.47 Å². The summed E-state index contributed by atoms with van der Waals surface area (Å²) < 4.78 is 15.3. The summed E-state index contributed by atoms with van der Waals surface area (Å²) in [6, 6.07) is 13.3. The Kier molecular flexibility index (Phi) is 4.82. The fourth-order valence-electron chi connectivity index (χ4n) is 2.19. The first-order valence-corrected chi connectivity index (χ1v) is 6.56. The second kappa shape index (κ2) is 6.79. The van der Waals surface area contributed by atoms with Gasteiger partial charge in [0.2, 0.25) is 0 Å². The van der Waals surface area contributed by atoms with Crippen LogP contribution in [-0.2, 0) is 11.2 Å². The number of ether oxygens (including phenoxy) is 3. The van der Waals surface area contributed by atoms with E-state index < -0.39 is 5.97 Å². The molecule has 0 heterocycles. The molecule has 4 heteroatoms. The van der Waals surface area contributed by atoms with Crippen molar-refractivity contribution in [1.29, 1.82) is 0 Å². The number of esters is 1. The molecule has 4 nitrogen and oxygen atoms in total. The standard InChI is InChI=1S/C17H18O4/c1-19-14-9-7-12(8-10-14)11-13-5-4-6-15(20-2)16(13)17(18)21-3/h4-10H,11H2,1-3H3. The minimum atomic E-state index is -0.393. The molecule has 0 fully saturated rings. The Morgan fingerprint density at radius 1 is 0.952 bits per heavy atom. The fraction of sp³-hybridized carbons (Fsp3) is 0.235. The monoisotopic (exact) mass is 286 g/mol. The summed E-state index contributed by atoms with van der Waals surface area (Å²) in [6.07, 6.45) is 0.617. The van der Waals surface area contributed by atoms with Crippen molar-refractivity contribution >= 4 is 5.97 Å². The lowest BCUT2D eigenvalue weighted by atomic mass is 9.99. The number of methoxy groups -OCH3 is 3. The summed E-state index contributed by atoms with van der Waals surface area (Å²) >= 11 is 0. The quantitative estimate of drug-likeness (QED) is 0.792. The van der Waals surface area contributed by atoms with Gasteiger partial charge in [-0.05, 0) is 35.7 Å². The molecule has 0 unspecified atom stereocenters. The van der Waals surface area contributed by atoms with Crippen molar-refractivity contribution in [2.45, 2.75) is 6.42 Å². The van der Waals surface area contributed by atoms with Crippen molar-refractivity contribution in [3.63, 3.8) is 0 Å². The number of benzene rings is 2. The maximum Gasteiger partial charge on any atom is 0.341 e. The second-order valence-electron chi connectivity index (χ2n) is 4.51. The predicted molar refractivity (Wildman–Crippen MR) is 80.1 cm³/mol. The van der Waals surface area contributed by atoms with E-state index in [9.17, 15) is 4.79 Å². The molecule has 0 amide bonds. The Labute approximate surface area is 124 Å². The molecule has 0 spiro atoms. The minimum absolute atomic E-state index is 0.393. The number of carbonyl (C=O) groups is 1. The van der Waals surface area contributed by atoms with Gasteiger partial charge in [0.25, 0.3) is 0 Å². The van der Waals surface area contributed by atoms with E-state index in [0.717, 1.165) is 16.9 Å². The molecule has 0 aliphatic heterocycles. The average Bonchev–Trinajstić information content (AvgIpc) is 2.54. The highest BCUT2D eigenvalue weighted by Gasteiger charge is 2.17. The van der Waals surface area contributed by atoms with Crippen molar-refractivity contribution in [2.24, 2.45) is 0 Å². The molecule has 2 aromatic carbocycles. The molecule has 110 valence electrons. The van der Waals surface area contributed by atoms with Crippen LogP contribution in [0.25, 0.3) is 0 Å². The van der Waals surface area contributed by atoms with Gasteiger partial charge in [0, 0.05) is 0 Å². The maximum absolute atomic E-state index is 12.0. The molecule has 21 heavy (non-hydrogen) atoms. The predicted octanol–water partition coefficient (Wildman–Crippen LogP) is 3.08. The van der Waals surface area contributed by atoms with E-state index in [1.54, 1.807) is 20.3 Å². The summed E-state index contributed by atoms with van der Waals surface area (Å²) in [5, 5.41) is 0. The Balaban J connectivity index is 2.36. The highest BCUT2D eigenvalue weighted by molar-refractivity contribution is 5.94. The van der Waals surface area contributed by atoms with E-state index in [0.29, 0.717) is 17.7 Å². The molecule has 0 bridgehead atoms. The molecule has 0 aliphatic carbocycles. The van der Waals surface area contributed by atoms with Crippen LogP contribution in [0.15, 0.2) is 42.5 Å². The number of carbonyl (C=O) groups excluding carboxylic acids is 1. The van der Waals surface area contributed by atoms with Crippen LogP contribution in [0.5, 0.6) is 11.5 Å². The van der Waals surface area contributed by atoms with Gasteiger partial charge in [0.1, 0.15) is 17.1 Å². The normalized spacial score (nSPS) is 10.0. The molecule has 0 saturated heterocycles. The maximum atomic E-state index is 12.0. The van der Waals surface area contributed by atoms with E-state index in [1.807, 2.05) is 36.4 Å². The van der Waals surface area contributed by atoms with Crippen LogP contribution in [0.1, 0.15) is 21.5 Å². The highest BCUT2D eigenvalue weighted by atomic mass is 16.5. The molecule has 0 atom stereocenters. The van der Waals surface area contributed by atoms with Gasteiger partial charge in [-0.1, -0.05) is 24.3 Å². The largest absolute Gasteiger partial charge is 0.497 e. The van der Waals surface area contributed by atoms with Crippen molar-refractivity contribution in [1.82, 2.24) is 0 Å². The van der Waals surface area contributed by atoms with Gasteiger partial charge < -0.3 is 14.2 Å². The summed E-state index contributed by atoms with van der Waals surface area (Å²) in [5.41, 5.74) is 2.42. The summed E-state index contributed by atoms with van der Waals surface area (Å²) in [7, 11) is 4.54. The third kappa shape index (κ3) is 3.34. The third-order valence-corrected chi connectivity index (χ3v) is 3.28. The highest BCUT2D eigenvalue weighted by Crippen LogP contribution is 2.25. The SMILES string of the molecule is COC(=O)c1c(Cc2ccc(OC)cc2)cccc1OC. The van der Waals surface area contributed by atoms with Crippen LogP contribution >= 0.6 is 0 Å². The van der Waals surface area contributed by atoms with Crippen LogP contribution in [0.2, 0.25) is 0 Å². The van der Waals surface area contributed by atoms with Gasteiger partial charge in [-0.2, -0.15) is 0 Å². The first-order chi connectivity index (χ1) is 10.2. The Morgan fingerprint density at radius 2 is 1.67 bits per heavy atom. The van der Waals surface area contributed by atoms with Crippen LogP contribution in [-0.4, -0.2) is 27.3 Å². The molecule has 0 saturated carbocycles. The number of rotatable bonds is 5. The van der Waals surface area contributed by atoms with E-state index in [1.165, 1.54) is 7.11 Å². The summed E-state index contributed by atoms with van der Waals surface area (Å²) in [4.78, 5) is 12.0. The van der Waals surface area contributed by atoms with Crippen molar-refractivity contribution in [3.05, 3.63) is 59.2 Å². The molecular formula is C17H18O4. The van der Waals surface area contributed by atoms with Crippen LogP contribution in [0.3, 0.4) is 0 Å². The van der Waals surface area contributed by atoms with Crippen molar-refractivity contribution < 1.29 is 19.0 Å². The Morgan fingerprint density at radius 3 is 2.24 bits per heavy atom. The number of hydrogen-bond donors (Lipinski definition) is 0. The zero-order valence-corrected chi connectivity index (χ0v) is 12.4. The molecule has 0 N–H and O–H groups in total. The number of hydrogen-bond acceptors (Lipinski definition) is 4. The molecular weight excluding hydrogens is 268 g/mol. The first-order valence-electron chi connectivity index (χ1n) is 6.56. The molecule has 0 aliphatic rings. The molecule has 0 aromatic heterocycles. The summed E-state index contributed by atoms with van der Waals surface area (Å²) in [6.45, 7) is 0. The first kappa shape index (κ1) is 14.9. The zero-order valence-electron chi connectivity index (χ0n) is 12.4. The topological polar surface area (TPSA) is 44.8 Å². The van der Waals surface area contributed by atoms with Gasteiger partial charge in [-0.25, -0.2) is 4.79 Å².